The number of ether oxygens (including phenoxy) is 1. The summed E-state index contributed by atoms with van der Waals surface area (Å²) in [6, 6.07) is 6.68. The Kier molecular flexibility index (Phi) is 9.14. The highest BCUT2D eigenvalue weighted by molar-refractivity contribution is 9.10. The highest BCUT2D eigenvalue weighted by Crippen LogP contribution is 2.53. The van der Waals surface area contributed by atoms with Crippen LogP contribution in [0, 0.1) is 5.92 Å². The van der Waals surface area contributed by atoms with E-state index in [1.807, 2.05) is 0 Å². The second-order valence-electron chi connectivity index (χ2n) is 9.93. The molecular weight excluding hydrogens is 628 g/mol. The average molecular weight is 658 g/mol. The van der Waals surface area contributed by atoms with Gasteiger partial charge in [0.05, 0.1) is 24.7 Å². The number of halogens is 2. The molecule has 2 aromatic heterocycles. The lowest BCUT2D eigenvalue weighted by molar-refractivity contribution is -0.120. The lowest BCUT2D eigenvalue weighted by atomic mass is 10.1. The topological polar surface area (TPSA) is 188 Å². The lowest BCUT2D eigenvalue weighted by Gasteiger charge is -2.25. The Balaban J connectivity index is 1.58. The van der Waals surface area contributed by atoms with E-state index in [9.17, 15) is 24.1 Å². The molecule has 3 heterocycles. The second-order valence-corrected chi connectivity index (χ2v) is 13.2. The molecule has 222 valence electrons. The van der Waals surface area contributed by atoms with Gasteiger partial charge in [-0.1, -0.05) is 25.1 Å². The molecule has 1 aliphatic heterocycles. The third-order valence-corrected chi connectivity index (χ3v) is 9.57. The minimum Gasteiger partial charge on any atom is -0.424 e. The Morgan fingerprint density at radius 2 is 2.07 bits per heavy atom. The Labute approximate surface area is 242 Å². The Bertz CT molecular complexity index is 1560. The van der Waals surface area contributed by atoms with Crippen LogP contribution in [-0.2, 0) is 29.8 Å². The highest BCUT2D eigenvalue weighted by atomic mass is 79.9. The maximum absolute atomic E-state index is 15.8. The number of para-hydroxylation sites is 1. The maximum Gasteiger partial charge on any atom is 0.380 e. The molecule has 0 saturated carbocycles. The molecule has 4 N–H and O–H groups in total. The van der Waals surface area contributed by atoms with Crippen molar-refractivity contribution >= 4 is 46.7 Å². The number of ketones is 2. The smallest absolute Gasteiger partial charge is 0.380 e. The largest absolute Gasteiger partial charge is 0.424 e. The number of nitrogens with two attached hydrogens (primary N) is 1. The first-order valence-corrected chi connectivity index (χ1v) is 15.2. The summed E-state index contributed by atoms with van der Waals surface area (Å²) in [5.41, 5.74) is 5.37. The standard InChI is InChI=1S/C25H30BrFN5O8P/c1-13(15(3)34)12-41(37,40-18-7-5-4-6-16(18)9-8-14(2)33)38-11-19-20(35)25(26,27)21(39-19)17-10-29-22-23(36)30-24(28)31-32(17)22/h4-7,10,13,19-21,35H,8-9,11-12H2,1-3H3,(H3,28,30,31,36)/t13-,19-,20?,21+,25-,41?/m1/s1. The zero-order chi connectivity index (χ0) is 30.1. The highest BCUT2D eigenvalue weighted by Gasteiger charge is 2.58. The van der Waals surface area contributed by atoms with Crippen LogP contribution in [0.25, 0.3) is 5.65 Å². The van der Waals surface area contributed by atoms with Crippen molar-refractivity contribution in [2.24, 2.45) is 5.92 Å². The monoisotopic (exact) mass is 657 g/mol. The van der Waals surface area contributed by atoms with Crippen LogP contribution in [0.3, 0.4) is 0 Å². The van der Waals surface area contributed by atoms with E-state index >= 15 is 4.39 Å². The van der Waals surface area contributed by atoms with Gasteiger partial charge in [-0.15, -0.1) is 5.10 Å². The van der Waals surface area contributed by atoms with Crippen LogP contribution < -0.4 is 15.8 Å². The first-order valence-electron chi connectivity index (χ1n) is 12.7. The first kappa shape index (κ1) is 31.0. The zero-order valence-corrected chi connectivity index (χ0v) is 24.9. The van der Waals surface area contributed by atoms with Crippen LogP contribution in [0.5, 0.6) is 5.75 Å². The second kappa shape index (κ2) is 12.1. The number of imidazole rings is 1. The molecule has 16 heteroatoms. The molecule has 4 rings (SSSR count). The number of nitrogens with one attached hydrogen (secondary N) is 1. The van der Waals surface area contributed by atoms with Gasteiger partial charge >= 0.3 is 7.60 Å². The van der Waals surface area contributed by atoms with Gasteiger partial charge < -0.3 is 24.9 Å². The number of benzene rings is 1. The summed E-state index contributed by atoms with van der Waals surface area (Å²) in [5.74, 6) is -1.04. The maximum atomic E-state index is 15.8. The van der Waals surface area contributed by atoms with E-state index < -0.39 is 48.6 Å². The molecule has 41 heavy (non-hydrogen) atoms. The SMILES string of the molecule is CC(=O)CCc1ccccc1OP(=O)(C[C@@H](C)C(C)=O)OC[C@H]1O[C@@H](c2cnc3c(=O)[nH]c(N)nn23)[C@@](F)(Br)C1O. The molecule has 6 atom stereocenters. The molecule has 2 unspecified atom stereocenters. The van der Waals surface area contributed by atoms with Crippen molar-refractivity contribution in [1.29, 1.82) is 0 Å². The number of aliphatic hydroxyl groups excluding tert-OH is 1. The predicted octanol–water partition coefficient (Wildman–Crippen LogP) is 2.90. The van der Waals surface area contributed by atoms with E-state index in [1.54, 1.807) is 31.2 Å². The summed E-state index contributed by atoms with van der Waals surface area (Å²) in [4.78, 5) is 41.9. The van der Waals surface area contributed by atoms with Gasteiger partial charge in [-0.25, -0.2) is 18.5 Å². The molecule has 0 radical (unpaired) electrons. The summed E-state index contributed by atoms with van der Waals surface area (Å²) >= 11 is 2.88. The van der Waals surface area contributed by atoms with Gasteiger partial charge in [-0.05, 0) is 47.8 Å². The molecule has 3 aromatic rings. The van der Waals surface area contributed by atoms with Crippen LogP contribution in [0.1, 0.15) is 44.6 Å². The Morgan fingerprint density at radius 3 is 2.76 bits per heavy atom. The van der Waals surface area contributed by atoms with Gasteiger partial charge in [0.15, 0.2) is 0 Å². The summed E-state index contributed by atoms with van der Waals surface area (Å²) < 4.78 is 45.6. The fourth-order valence-electron chi connectivity index (χ4n) is 4.27. The summed E-state index contributed by atoms with van der Waals surface area (Å²) in [6.07, 6.45) is -3.31. The number of aromatic nitrogens is 4. The van der Waals surface area contributed by atoms with Crippen LogP contribution in [-0.4, -0.2) is 65.8 Å². The van der Waals surface area contributed by atoms with Crippen LogP contribution in [0.15, 0.2) is 35.3 Å². The van der Waals surface area contributed by atoms with E-state index in [1.165, 1.54) is 13.8 Å². The number of H-pyrrole nitrogens is 1. The first-order chi connectivity index (χ1) is 19.2. The molecule has 0 spiro atoms. The number of alkyl halides is 2. The van der Waals surface area contributed by atoms with Gasteiger partial charge in [0.1, 0.15) is 35.6 Å². The number of fused-ring (bicyclic) bond motifs is 1. The van der Waals surface area contributed by atoms with Gasteiger partial charge in [-0.2, -0.15) is 0 Å². The molecule has 0 bridgehead atoms. The van der Waals surface area contributed by atoms with Gasteiger partial charge in [0.2, 0.25) is 16.2 Å². The van der Waals surface area contributed by atoms with Crippen molar-refractivity contribution in [2.75, 3.05) is 18.5 Å². The van der Waals surface area contributed by atoms with Crippen LogP contribution in [0.2, 0.25) is 0 Å². The molecule has 0 amide bonds. The average Bonchev–Trinajstić information content (AvgIpc) is 3.40. The zero-order valence-electron chi connectivity index (χ0n) is 22.5. The number of hydrogen-bond acceptors (Lipinski definition) is 11. The van der Waals surface area contributed by atoms with Crippen molar-refractivity contribution in [1.82, 2.24) is 19.6 Å². The Morgan fingerprint density at radius 1 is 1.37 bits per heavy atom. The number of nitrogens with zero attached hydrogens (tertiary/aromatic N) is 3. The number of hydrogen-bond donors (Lipinski definition) is 3. The van der Waals surface area contributed by atoms with Crippen molar-refractivity contribution in [3.8, 4) is 5.75 Å². The molecule has 1 saturated heterocycles. The van der Waals surface area contributed by atoms with Gasteiger partial charge in [0.25, 0.3) is 5.56 Å². The van der Waals surface area contributed by atoms with E-state index in [4.69, 9.17) is 19.5 Å². The lowest BCUT2D eigenvalue weighted by Crippen LogP contribution is -2.37. The van der Waals surface area contributed by atoms with Crippen LogP contribution in [0.4, 0.5) is 10.3 Å². The number of nitrogen functional groups attached to an aromatic ring is 1. The minimum absolute atomic E-state index is 0.0252. The van der Waals surface area contributed by atoms with Crippen LogP contribution >= 0.6 is 23.5 Å². The summed E-state index contributed by atoms with van der Waals surface area (Å²) in [6.45, 7) is 3.78. The van der Waals surface area contributed by atoms with E-state index in [0.717, 1.165) is 10.7 Å². The molecule has 13 nitrogen and oxygen atoms in total. The summed E-state index contributed by atoms with van der Waals surface area (Å²) in [5, 5.41) is 14.8. The number of carbonyl (C=O) groups excluding carboxylic acids is 2. The number of Topliss-reactive ketones (excluding diaryl/α,β-unsaturated/α-hetero) is 2. The molecule has 0 aliphatic carbocycles. The number of carbonyl (C=O) groups is 2. The van der Waals surface area contributed by atoms with Crippen molar-refractivity contribution < 1.29 is 37.4 Å². The van der Waals surface area contributed by atoms with Crippen molar-refractivity contribution in [2.45, 2.75) is 56.5 Å². The molecule has 1 aliphatic rings. The minimum atomic E-state index is -4.10. The fourth-order valence-corrected chi connectivity index (χ4v) is 6.92. The van der Waals surface area contributed by atoms with Crippen molar-refractivity contribution in [3.63, 3.8) is 0 Å². The quantitative estimate of drug-likeness (QED) is 0.192. The van der Waals surface area contributed by atoms with E-state index in [-0.39, 0.29) is 47.2 Å². The fraction of sp³-hybridized carbons (Fsp3) is 0.480. The number of anilines is 1. The third-order valence-electron chi connectivity index (χ3n) is 6.68. The number of rotatable bonds is 12. The van der Waals surface area contributed by atoms with E-state index in [0.29, 0.717) is 12.0 Å². The molecular formula is C25H30BrFN5O8P. The molecule has 1 aromatic carbocycles. The number of aliphatic hydroxyl groups is 1. The summed E-state index contributed by atoms with van der Waals surface area (Å²) in [7, 11) is -4.10. The predicted molar refractivity (Wildman–Crippen MR) is 149 cm³/mol. The third kappa shape index (κ3) is 6.75. The molecule has 1 fully saturated rings. The van der Waals surface area contributed by atoms with E-state index in [2.05, 4.69) is 31.0 Å². The van der Waals surface area contributed by atoms with Gasteiger partial charge in [0, 0.05) is 12.3 Å². The number of aromatic amines is 1. The normalized spacial score (nSPS) is 24.7. The number of aryl methyl sites for hydroxylation is 1. The van der Waals surface area contributed by atoms with Crippen molar-refractivity contribution in [3.05, 3.63) is 52.1 Å². The van der Waals surface area contributed by atoms with Gasteiger partial charge in [-0.3, -0.25) is 19.1 Å². The Hall–Kier alpha value is -2.97.